The van der Waals surface area contributed by atoms with E-state index in [-0.39, 0.29) is 5.91 Å². The molecule has 0 spiro atoms. The second kappa shape index (κ2) is 6.37. The first-order chi connectivity index (χ1) is 9.95. The fourth-order valence-electron chi connectivity index (χ4n) is 1.61. The van der Waals surface area contributed by atoms with Crippen LogP contribution in [-0.2, 0) is 11.4 Å². The summed E-state index contributed by atoms with van der Waals surface area (Å²) in [7, 11) is 0. The van der Waals surface area contributed by atoms with Crippen molar-refractivity contribution in [3.63, 3.8) is 0 Å². The highest BCUT2D eigenvalue weighted by atomic mass is 16.5. The van der Waals surface area contributed by atoms with E-state index in [4.69, 9.17) is 10.5 Å². The summed E-state index contributed by atoms with van der Waals surface area (Å²) in [5.74, 6) is 0.429. The molecule has 0 radical (unpaired) electrons. The maximum Gasteiger partial charge on any atom is 0.243 e. The zero-order valence-corrected chi connectivity index (χ0v) is 12.2. The van der Waals surface area contributed by atoms with Crippen LogP contribution >= 0.6 is 0 Å². The molecule has 21 heavy (non-hydrogen) atoms. The molecule has 2 aromatic rings. The van der Waals surface area contributed by atoms with Gasteiger partial charge in [-0.05, 0) is 32.0 Å². The first-order valence-electron chi connectivity index (χ1n) is 6.67. The molecule has 0 saturated carbocycles. The fraction of sp³-hybridized carbons (Fsp3) is 0.250. The lowest BCUT2D eigenvalue weighted by Crippen LogP contribution is -2.45. The minimum absolute atomic E-state index is 0.244. The van der Waals surface area contributed by atoms with Gasteiger partial charge in [-0.15, -0.1) is 0 Å². The molecule has 3 N–H and O–H groups in total. The summed E-state index contributed by atoms with van der Waals surface area (Å²) in [4.78, 5) is 15.9. The van der Waals surface area contributed by atoms with Crippen LogP contribution in [0.25, 0.3) is 0 Å². The highest BCUT2D eigenvalue weighted by molar-refractivity contribution is 5.97. The number of benzene rings is 1. The van der Waals surface area contributed by atoms with E-state index in [0.717, 1.165) is 5.56 Å². The van der Waals surface area contributed by atoms with Crippen molar-refractivity contribution >= 4 is 11.6 Å². The van der Waals surface area contributed by atoms with E-state index in [0.29, 0.717) is 18.0 Å². The van der Waals surface area contributed by atoms with Crippen LogP contribution in [-0.4, -0.2) is 16.4 Å². The van der Waals surface area contributed by atoms with E-state index < -0.39 is 5.54 Å². The molecular formula is C16H19N3O2. The van der Waals surface area contributed by atoms with Gasteiger partial charge in [-0.2, -0.15) is 0 Å². The lowest BCUT2D eigenvalue weighted by Gasteiger charge is -2.18. The van der Waals surface area contributed by atoms with Gasteiger partial charge in [-0.25, -0.2) is 0 Å². The van der Waals surface area contributed by atoms with Gasteiger partial charge < -0.3 is 15.8 Å². The van der Waals surface area contributed by atoms with Crippen LogP contribution in [0.1, 0.15) is 19.4 Å². The Balaban J connectivity index is 1.99. The topological polar surface area (TPSA) is 77.2 Å². The van der Waals surface area contributed by atoms with Crippen molar-refractivity contribution in [3.8, 4) is 5.75 Å². The molecule has 1 amide bonds. The van der Waals surface area contributed by atoms with Crippen LogP contribution in [0.3, 0.4) is 0 Å². The maximum absolute atomic E-state index is 11.8. The first-order valence-corrected chi connectivity index (χ1v) is 6.67. The number of nitrogens with one attached hydrogen (secondary N) is 1. The van der Waals surface area contributed by atoms with Gasteiger partial charge in [0.05, 0.1) is 5.54 Å². The number of anilines is 1. The van der Waals surface area contributed by atoms with Gasteiger partial charge in [-0.3, -0.25) is 9.78 Å². The SMILES string of the molecule is CC(C)(N)C(=O)Nc1cccc(OCc2cccnc2)c1. The van der Waals surface area contributed by atoms with Crippen molar-refractivity contribution in [2.45, 2.75) is 26.0 Å². The smallest absolute Gasteiger partial charge is 0.243 e. The van der Waals surface area contributed by atoms with Gasteiger partial charge in [0.2, 0.25) is 5.91 Å². The standard InChI is InChI=1S/C16H19N3O2/c1-16(2,17)15(20)19-13-6-3-7-14(9-13)21-11-12-5-4-8-18-10-12/h3-10H,11,17H2,1-2H3,(H,19,20). The second-order valence-electron chi connectivity index (χ2n) is 5.35. The molecule has 0 fully saturated rings. The Hall–Kier alpha value is -2.40. The second-order valence-corrected chi connectivity index (χ2v) is 5.35. The molecule has 0 saturated heterocycles. The van der Waals surface area contributed by atoms with Crippen LogP contribution in [0.4, 0.5) is 5.69 Å². The van der Waals surface area contributed by atoms with Crippen molar-refractivity contribution in [2.24, 2.45) is 5.73 Å². The van der Waals surface area contributed by atoms with Crippen LogP contribution in [0.15, 0.2) is 48.8 Å². The molecule has 0 aliphatic heterocycles. The number of nitrogens with two attached hydrogens (primary N) is 1. The molecule has 5 heteroatoms. The largest absolute Gasteiger partial charge is 0.489 e. The zero-order chi connectivity index (χ0) is 15.3. The number of hydrogen-bond donors (Lipinski definition) is 2. The third-order valence-electron chi connectivity index (χ3n) is 2.81. The van der Waals surface area contributed by atoms with Crippen molar-refractivity contribution in [3.05, 3.63) is 54.4 Å². The van der Waals surface area contributed by atoms with Gasteiger partial charge in [0.25, 0.3) is 0 Å². The lowest BCUT2D eigenvalue weighted by atomic mass is 10.1. The number of aromatic nitrogens is 1. The number of carbonyl (C=O) groups excluding carboxylic acids is 1. The maximum atomic E-state index is 11.8. The molecule has 2 rings (SSSR count). The minimum atomic E-state index is -0.924. The lowest BCUT2D eigenvalue weighted by molar-refractivity contribution is -0.120. The Morgan fingerprint density at radius 2 is 2.14 bits per heavy atom. The molecular weight excluding hydrogens is 266 g/mol. The van der Waals surface area contributed by atoms with E-state index in [1.165, 1.54) is 0 Å². The monoisotopic (exact) mass is 285 g/mol. The molecule has 110 valence electrons. The van der Waals surface area contributed by atoms with Crippen LogP contribution in [0.2, 0.25) is 0 Å². The molecule has 1 heterocycles. The predicted molar refractivity (Wildman–Crippen MR) is 81.9 cm³/mol. The van der Waals surface area contributed by atoms with E-state index in [9.17, 15) is 4.79 Å². The number of ether oxygens (including phenoxy) is 1. The number of rotatable bonds is 5. The number of hydrogen-bond acceptors (Lipinski definition) is 4. The number of amides is 1. The Morgan fingerprint density at radius 3 is 2.81 bits per heavy atom. The molecule has 1 aromatic heterocycles. The molecule has 5 nitrogen and oxygen atoms in total. The molecule has 0 aliphatic rings. The van der Waals surface area contributed by atoms with Crippen molar-refractivity contribution < 1.29 is 9.53 Å². The van der Waals surface area contributed by atoms with Crippen LogP contribution < -0.4 is 15.8 Å². The average Bonchev–Trinajstić information content (AvgIpc) is 2.46. The molecule has 0 bridgehead atoms. The fourth-order valence-corrected chi connectivity index (χ4v) is 1.61. The quantitative estimate of drug-likeness (QED) is 0.884. The van der Waals surface area contributed by atoms with Crippen LogP contribution in [0, 0.1) is 0 Å². The average molecular weight is 285 g/mol. The summed E-state index contributed by atoms with van der Waals surface area (Å²) in [5.41, 5.74) is 6.46. The van der Waals surface area contributed by atoms with Crippen molar-refractivity contribution in [1.29, 1.82) is 0 Å². The van der Waals surface area contributed by atoms with Crippen molar-refractivity contribution in [2.75, 3.05) is 5.32 Å². The van der Waals surface area contributed by atoms with Gasteiger partial charge >= 0.3 is 0 Å². The Bertz CT molecular complexity index is 606. The first kappa shape index (κ1) is 15.0. The van der Waals surface area contributed by atoms with E-state index in [1.54, 1.807) is 38.4 Å². The summed E-state index contributed by atoms with van der Waals surface area (Å²) in [6.45, 7) is 3.74. The predicted octanol–water partition coefficient (Wildman–Crippen LogP) is 2.34. The van der Waals surface area contributed by atoms with Gasteiger partial charge in [-0.1, -0.05) is 12.1 Å². The Kier molecular flexibility index (Phi) is 4.55. The van der Waals surface area contributed by atoms with E-state index in [1.807, 2.05) is 24.3 Å². The summed E-state index contributed by atoms with van der Waals surface area (Å²) in [6, 6.07) is 11.0. The van der Waals surface area contributed by atoms with E-state index >= 15 is 0 Å². The summed E-state index contributed by atoms with van der Waals surface area (Å²) in [5, 5.41) is 2.76. The molecule has 0 atom stereocenters. The highest BCUT2D eigenvalue weighted by Gasteiger charge is 2.21. The normalized spacial score (nSPS) is 11.0. The summed E-state index contributed by atoms with van der Waals surface area (Å²) >= 11 is 0. The third-order valence-corrected chi connectivity index (χ3v) is 2.81. The summed E-state index contributed by atoms with van der Waals surface area (Å²) < 4.78 is 5.68. The molecule has 1 aromatic carbocycles. The molecule has 0 aliphatic carbocycles. The van der Waals surface area contributed by atoms with Gasteiger partial charge in [0.1, 0.15) is 12.4 Å². The van der Waals surface area contributed by atoms with Crippen molar-refractivity contribution in [1.82, 2.24) is 4.98 Å². The number of carbonyl (C=O) groups is 1. The minimum Gasteiger partial charge on any atom is -0.489 e. The number of nitrogens with zero attached hydrogens (tertiary/aromatic N) is 1. The summed E-state index contributed by atoms with van der Waals surface area (Å²) in [6.07, 6.45) is 3.47. The van der Waals surface area contributed by atoms with Gasteiger partial charge in [0.15, 0.2) is 0 Å². The third kappa shape index (κ3) is 4.57. The number of pyridine rings is 1. The van der Waals surface area contributed by atoms with E-state index in [2.05, 4.69) is 10.3 Å². The van der Waals surface area contributed by atoms with Crippen LogP contribution in [0.5, 0.6) is 5.75 Å². The Morgan fingerprint density at radius 1 is 1.33 bits per heavy atom. The highest BCUT2D eigenvalue weighted by Crippen LogP contribution is 2.19. The molecule has 0 unspecified atom stereocenters. The van der Waals surface area contributed by atoms with Gasteiger partial charge in [0, 0.05) is 29.7 Å². The Labute approximate surface area is 124 Å². The zero-order valence-electron chi connectivity index (χ0n) is 12.2.